The van der Waals surface area contributed by atoms with Gasteiger partial charge in [0.2, 0.25) is 0 Å². The predicted octanol–water partition coefficient (Wildman–Crippen LogP) is 4.91. The maximum absolute atomic E-state index is 2.51. The fraction of sp³-hybridized carbons (Fsp3) is 0.875. The number of rotatable bonds is 7. The van der Waals surface area contributed by atoms with E-state index in [0.717, 1.165) is 5.92 Å². The highest BCUT2D eigenvalue weighted by Crippen LogP contribution is 2.42. The molecule has 0 heterocycles. The average Bonchev–Trinajstić information content (AvgIpc) is 2.27. The van der Waals surface area contributed by atoms with Gasteiger partial charge in [-0.15, -0.1) is 0 Å². The van der Waals surface area contributed by atoms with Crippen molar-refractivity contribution in [2.75, 3.05) is 0 Å². The fourth-order valence-electron chi connectivity index (χ4n) is 3.08. The van der Waals surface area contributed by atoms with E-state index in [-0.39, 0.29) is 0 Å². The number of hydrogen-bond acceptors (Lipinski definition) is 0. The maximum atomic E-state index is 2.51. The molecule has 0 bridgehead atoms. The largest absolute Gasteiger partial charge is 0.109 e. The van der Waals surface area contributed by atoms with E-state index >= 15 is 0 Å². The van der Waals surface area contributed by atoms with Crippen molar-refractivity contribution in [1.82, 2.24) is 0 Å². The van der Waals surface area contributed by atoms with Crippen LogP contribution in [0.2, 0.25) is 5.31 Å². The molecule has 0 saturated heterocycles. The highest BCUT2D eigenvalue weighted by molar-refractivity contribution is 6.14. The van der Waals surface area contributed by atoms with Gasteiger partial charge in [-0.3, -0.25) is 0 Å². The van der Waals surface area contributed by atoms with Crippen molar-refractivity contribution in [2.45, 2.75) is 83.4 Å². The lowest BCUT2D eigenvalue weighted by Crippen LogP contribution is -2.18. The summed E-state index contributed by atoms with van der Waals surface area (Å²) in [6, 6.07) is 0. The molecular weight excluding hydrogens is 203 g/mol. The first-order chi connectivity index (χ1) is 8.14. The lowest BCUT2D eigenvalue weighted by Gasteiger charge is -2.34. The van der Waals surface area contributed by atoms with Crippen LogP contribution in [0.4, 0.5) is 0 Å². The predicted molar refractivity (Wildman–Crippen MR) is 81.4 cm³/mol. The van der Waals surface area contributed by atoms with Gasteiger partial charge in [-0.2, -0.15) is 0 Å². The Morgan fingerprint density at radius 2 is 2.00 bits per heavy atom. The second kappa shape index (κ2) is 8.00. The van der Waals surface area contributed by atoms with Gasteiger partial charge in [0.15, 0.2) is 0 Å². The Balaban J connectivity index is 2.07. The molecular formula is C16H31B. The Bertz CT molecular complexity index is 218. The third kappa shape index (κ3) is 6.96. The lowest BCUT2D eigenvalue weighted by atomic mass is 9.59. The summed E-state index contributed by atoms with van der Waals surface area (Å²) in [7, 11) is 2.43. The summed E-state index contributed by atoms with van der Waals surface area (Å²) in [6.45, 7) is 4.71. The summed E-state index contributed by atoms with van der Waals surface area (Å²) in [6.07, 6.45) is 19.0. The Kier molecular flexibility index (Phi) is 7.00. The molecule has 98 valence electrons. The zero-order chi connectivity index (χ0) is 12.6. The van der Waals surface area contributed by atoms with Crippen molar-refractivity contribution >= 4 is 7.85 Å². The summed E-state index contributed by atoms with van der Waals surface area (Å²) in [5, 5.41) is 0.592. The average molecular weight is 234 g/mol. The van der Waals surface area contributed by atoms with Crippen molar-refractivity contribution in [1.29, 1.82) is 0 Å². The molecule has 2 unspecified atom stereocenters. The summed E-state index contributed by atoms with van der Waals surface area (Å²) >= 11 is 0. The van der Waals surface area contributed by atoms with Gasteiger partial charge < -0.3 is 0 Å². The van der Waals surface area contributed by atoms with Crippen LogP contribution >= 0.6 is 0 Å². The van der Waals surface area contributed by atoms with Gasteiger partial charge in [0.25, 0.3) is 0 Å². The Hall–Kier alpha value is -0.195. The molecule has 1 aliphatic rings. The first-order valence-electron chi connectivity index (χ1n) is 7.81. The third-order valence-corrected chi connectivity index (χ3v) is 4.13. The van der Waals surface area contributed by atoms with Crippen LogP contribution in [-0.2, 0) is 0 Å². The van der Waals surface area contributed by atoms with Gasteiger partial charge in [0.1, 0.15) is 7.85 Å². The quantitative estimate of drug-likeness (QED) is 0.333. The molecule has 0 amide bonds. The van der Waals surface area contributed by atoms with Crippen LogP contribution in [0.25, 0.3) is 0 Å². The monoisotopic (exact) mass is 234 g/mol. The van der Waals surface area contributed by atoms with E-state index in [2.05, 4.69) is 33.8 Å². The summed E-state index contributed by atoms with van der Waals surface area (Å²) in [5.74, 6) is 0.870. The van der Waals surface area contributed by atoms with Crippen LogP contribution in [0, 0.1) is 5.92 Å². The molecule has 1 rings (SSSR count). The third-order valence-electron chi connectivity index (χ3n) is 4.13. The molecule has 0 aromatic heterocycles. The molecule has 1 fully saturated rings. The fourth-order valence-corrected chi connectivity index (χ4v) is 3.08. The van der Waals surface area contributed by atoms with Gasteiger partial charge in [-0.1, -0.05) is 69.8 Å². The second-order valence-electron chi connectivity index (χ2n) is 6.65. The van der Waals surface area contributed by atoms with Crippen molar-refractivity contribution in [3.8, 4) is 0 Å². The molecule has 1 aliphatic carbocycles. The zero-order valence-corrected chi connectivity index (χ0v) is 12.3. The molecule has 0 aromatic carbocycles. The van der Waals surface area contributed by atoms with Crippen LogP contribution in [0.15, 0.2) is 12.2 Å². The molecule has 1 saturated carbocycles. The van der Waals surface area contributed by atoms with E-state index in [0.29, 0.717) is 5.31 Å². The minimum atomic E-state index is 0.592. The lowest BCUT2D eigenvalue weighted by molar-refractivity contribution is 0.341. The van der Waals surface area contributed by atoms with Crippen LogP contribution in [0.1, 0.15) is 78.1 Å². The van der Waals surface area contributed by atoms with E-state index < -0.39 is 0 Å². The first-order valence-corrected chi connectivity index (χ1v) is 7.81. The molecule has 0 nitrogen and oxygen atoms in total. The van der Waals surface area contributed by atoms with E-state index in [1.807, 2.05) is 0 Å². The van der Waals surface area contributed by atoms with E-state index in [4.69, 9.17) is 0 Å². The highest BCUT2D eigenvalue weighted by atomic mass is 14.3. The summed E-state index contributed by atoms with van der Waals surface area (Å²) in [5.41, 5.74) is 0. The van der Waals surface area contributed by atoms with Gasteiger partial charge in [-0.25, -0.2) is 0 Å². The molecule has 1 heteroatoms. The Morgan fingerprint density at radius 1 is 1.24 bits per heavy atom. The molecule has 0 spiro atoms. The number of allylic oxidation sites excluding steroid dienone is 2. The molecule has 17 heavy (non-hydrogen) atoms. The van der Waals surface area contributed by atoms with Crippen molar-refractivity contribution in [3.05, 3.63) is 12.2 Å². The minimum absolute atomic E-state index is 0.592. The molecule has 0 N–H and O–H groups in total. The van der Waals surface area contributed by atoms with Crippen LogP contribution in [0.3, 0.4) is 0 Å². The van der Waals surface area contributed by atoms with Crippen LogP contribution in [-0.4, -0.2) is 7.85 Å². The van der Waals surface area contributed by atoms with Gasteiger partial charge in [0.05, 0.1) is 0 Å². The maximum Gasteiger partial charge on any atom is 0.109 e. The zero-order valence-electron chi connectivity index (χ0n) is 12.3. The van der Waals surface area contributed by atoms with Gasteiger partial charge in [-0.05, 0) is 31.6 Å². The van der Waals surface area contributed by atoms with Crippen molar-refractivity contribution in [2.24, 2.45) is 5.92 Å². The summed E-state index contributed by atoms with van der Waals surface area (Å²) < 4.78 is 0. The minimum Gasteiger partial charge on any atom is -0.0883 e. The molecule has 0 aliphatic heterocycles. The Labute approximate surface area is 110 Å². The standard InChI is InChI=1S/C16H31B/c1-3-4-5-6-7-8-9-11-15-12-10-13-16(2,17)14-15/h9,11,15H,3-8,10,12-14,17H2,1-2H3/b11-9+. The number of hydrogen-bond donors (Lipinski definition) is 0. The van der Waals surface area contributed by atoms with Crippen molar-refractivity contribution < 1.29 is 0 Å². The molecule has 2 atom stereocenters. The molecule has 0 aromatic rings. The summed E-state index contributed by atoms with van der Waals surface area (Å²) in [4.78, 5) is 0. The smallest absolute Gasteiger partial charge is 0.0883 e. The second-order valence-corrected chi connectivity index (χ2v) is 6.65. The van der Waals surface area contributed by atoms with E-state index in [1.165, 1.54) is 64.2 Å². The first kappa shape index (κ1) is 14.9. The van der Waals surface area contributed by atoms with Crippen LogP contribution in [0.5, 0.6) is 0 Å². The highest BCUT2D eigenvalue weighted by Gasteiger charge is 2.26. The molecule has 0 radical (unpaired) electrons. The topological polar surface area (TPSA) is 0 Å². The normalized spacial score (nSPS) is 29.9. The van der Waals surface area contributed by atoms with Gasteiger partial charge in [0, 0.05) is 0 Å². The Morgan fingerprint density at radius 3 is 2.71 bits per heavy atom. The number of unbranched alkanes of at least 4 members (excludes halogenated alkanes) is 5. The van der Waals surface area contributed by atoms with Gasteiger partial charge >= 0.3 is 0 Å². The van der Waals surface area contributed by atoms with Crippen LogP contribution < -0.4 is 0 Å². The SMILES string of the molecule is BC1(C)CCCC(/C=C/CCCCCCC)C1. The van der Waals surface area contributed by atoms with E-state index in [9.17, 15) is 0 Å². The van der Waals surface area contributed by atoms with Crippen molar-refractivity contribution in [3.63, 3.8) is 0 Å². The van der Waals surface area contributed by atoms with E-state index in [1.54, 1.807) is 0 Å².